The first-order valence-electron chi connectivity index (χ1n) is 6.17. The van der Waals surface area contributed by atoms with E-state index < -0.39 is 0 Å². The molecule has 1 saturated carbocycles. The highest BCUT2D eigenvalue weighted by Gasteiger charge is 2.26. The van der Waals surface area contributed by atoms with Gasteiger partial charge in [-0.15, -0.1) is 0 Å². The van der Waals surface area contributed by atoms with E-state index in [9.17, 15) is 5.11 Å². The molecular formula is C14H15ClN2O. The van der Waals surface area contributed by atoms with Crippen molar-refractivity contribution < 1.29 is 5.11 Å². The minimum Gasteiger partial charge on any atom is -0.393 e. The van der Waals surface area contributed by atoms with Gasteiger partial charge in [0.25, 0.3) is 0 Å². The van der Waals surface area contributed by atoms with E-state index in [0.717, 1.165) is 40.9 Å². The van der Waals surface area contributed by atoms with E-state index in [2.05, 4.69) is 10.3 Å². The summed E-state index contributed by atoms with van der Waals surface area (Å²) < 4.78 is 0. The lowest BCUT2D eigenvalue weighted by atomic mass is 9.89. The van der Waals surface area contributed by atoms with Crippen LogP contribution in [0.1, 0.15) is 18.4 Å². The number of rotatable bonds is 3. The van der Waals surface area contributed by atoms with Crippen LogP contribution in [-0.2, 0) is 6.54 Å². The van der Waals surface area contributed by atoms with Gasteiger partial charge in [0.15, 0.2) is 0 Å². The fourth-order valence-corrected chi connectivity index (χ4v) is 2.56. The van der Waals surface area contributed by atoms with Crippen LogP contribution in [0.4, 0.5) is 0 Å². The number of nitrogens with one attached hydrogen (secondary N) is 1. The molecule has 1 fully saturated rings. The molecule has 1 aromatic heterocycles. The maximum atomic E-state index is 9.25. The van der Waals surface area contributed by atoms with Crippen LogP contribution in [0.2, 0.25) is 5.02 Å². The molecule has 0 bridgehead atoms. The molecule has 0 spiro atoms. The van der Waals surface area contributed by atoms with E-state index in [4.69, 9.17) is 11.6 Å². The molecule has 0 radical (unpaired) electrons. The van der Waals surface area contributed by atoms with E-state index in [0.29, 0.717) is 6.04 Å². The van der Waals surface area contributed by atoms with Crippen LogP contribution in [0.5, 0.6) is 0 Å². The summed E-state index contributed by atoms with van der Waals surface area (Å²) in [5.41, 5.74) is 2.11. The number of halogens is 1. The molecule has 1 aromatic carbocycles. The van der Waals surface area contributed by atoms with Gasteiger partial charge in [-0.25, -0.2) is 0 Å². The second kappa shape index (κ2) is 4.84. The van der Waals surface area contributed by atoms with Gasteiger partial charge in [-0.1, -0.05) is 17.7 Å². The van der Waals surface area contributed by atoms with Gasteiger partial charge in [0.05, 0.1) is 11.6 Å². The summed E-state index contributed by atoms with van der Waals surface area (Å²) in [5.74, 6) is 0. The van der Waals surface area contributed by atoms with Crippen LogP contribution in [0.15, 0.2) is 30.5 Å². The lowest BCUT2D eigenvalue weighted by molar-refractivity contribution is 0.0620. The second-order valence-corrected chi connectivity index (χ2v) is 5.22. The Bertz CT molecular complexity index is 567. The molecule has 3 nitrogen and oxygen atoms in total. The number of aliphatic hydroxyl groups excluding tert-OH is 1. The van der Waals surface area contributed by atoms with Crippen molar-refractivity contribution in [3.63, 3.8) is 0 Å². The number of nitrogens with zero attached hydrogens (tertiary/aromatic N) is 1. The molecule has 4 heteroatoms. The van der Waals surface area contributed by atoms with Crippen molar-refractivity contribution in [1.29, 1.82) is 0 Å². The first kappa shape index (κ1) is 11.9. The highest BCUT2D eigenvalue weighted by Crippen LogP contribution is 2.25. The smallest absolute Gasteiger partial charge is 0.0761 e. The highest BCUT2D eigenvalue weighted by molar-refractivity contribution is 6.35. The Hall–Kier alpha value is -1.16. The predicted molar refractivity (Wildman–Crippen MR) is 72.6 cm³/mol. The lowest BCUT2D eigenvalue weighted by Gasteiger charge is -2.32. The minimum atomic E-state index is -0.123. The van der Waals surface area contributed by atoms with E-state index in [1.54, 1.807) is 6.20 Å². The number of pyridine rings is 1. The van der Waals surface area contributed by atoms with Gasteiger partial charge in [-0.2, -0.15) is 0 Å². The lowest BCUT2D eigenvalue weighted by Crippen LogP contribution is -2.43. The first-order chi connectivity index (χ1) is 8.74. The third-order valence-corrected chi connectivity index (χ3v) is 3.82. The van der Waals surface area contributed by atoms with Crippen LogP contribution in [0.25, 0.3) is 10.9 Å². The molecule has 18 heavy (non-hydrogen) atoms. The first-order valence-corrected chi connectivity index (χ1v) is 6.55. The quantitative estimate of drug-likeness (QED) is 0.893. The minimum absolute atomic E-state index is 0.123. The number of aromatic nitrogens is 1. The van der Waals surface area contributed by atoms with Gasteiger partial charge in [0.2, 0.25) is 0 Å². The predicted octanol–water partition coefficient (Wildman–Crippen LogP) is 2.50. The zero-order valence-electron chi connectivity index (χ0n) is 9.94. The van der Waals surface area contributed by atoms with Gasteiger partial charge in [-0.3, -0.25) is 4.98 Å². The molecule has 1 aliphatic carbocycles. The van der Waals surface area contributed by atoms with Gasteiger partial charge < -0.3 is 10.4 Å². The van der Waals surface area contributed by atoms with Gasteiger partial charge in [-0.05, 0) is 36.6 Å². The molecule has 0 saturated heterocycles. The van der Waals surface area contributed by atoms with Crippen molar-refractivity contribution in [2.45, 2.75) is 31.5 Å². The summed E-state index contributed by atoms with van der Waals surface area (Å²) in [7, 11) is 0. The van der Waals surface area contributed by atoms with Crippen LogP contribution in [0.3, 0.4) is 0 Å². The molecule has 0 aliphatic heterocycles. The van der Waals surface area contributed by atoms with Crippen molar-refractivity contribution in [2.24, 2.45) is 0 Å². The summed E-state index contributed by atoms with van der Waals surface area (Å²) in [4.78, 5) is 4.40. The maximum absolute atomic E-state index is 9.25. The van der Waals surface area contributed by atoms with E-state index in [1.807, 2.05) is 24.3 Å². The average Bonchev–Trinajstić information content (AvgIpc) is 2.36. The Labute approximate surface area is 111 Å². The van der Waals surface area contributed by atoms with E-state index >= 15 is 0 Å². The van der Waals surface area contributed by atoms with Crippen LogP contribution in [0, 0.1) is 0 Å². The Balaban J connectivity index is 1.81. The summed E-state index contributed by atoms with van der Waals surface area (Å²) in [6.45, 7) is 0.766. The highest BCUT2D eigenvalue weighted by atomic mass is 35.5. The van der Waals surface area contributed by atoms with Crippen LogP contribution < -0.4 is 5.32 Å². The standard InChI is InChI=1S/C14H15ClN2O/c15-13-4-3-9(8-17-10-6-11(18)7-10)14-12(13)2-1-5-16-14/h1-5,10-11,17-18H,6-8H2. The van der Waals surface area contributed by atoms with E-state index in [-0.39, 0.29) is 6.10 Å². The summed E-state index contributed by atoms with van der Waals surface area (Å²) >= 11 is 6.16. The van der Waals surface area contributed by atoms with Crippen molar-refractivity contribution in [2.75, 3.05) is 0 Å². The van der Waals surface area contributed by atoms with Crippen LogP contribution >= 0.6 is 11.6 Å². The van der Waals surface area contributed by atoms with Crippen LogP contribution in [-0.4, -0.2) is 22.2 Å². The van der Waals surface area contributed by atoms with Crippen molar-refractivity contribution >= 4 is 22.5 Å². The second-order valence-electron chi connectivity index (χ2n) is 4.81. The average molecular weight is 263 g/mol. The fraction of sp³-hybridized carbons (Fsp3) is 0.357. The third kappa shape index (κ3) is 2.21. The maximum Gasteiger partial charge on any atom is 0.0761 e. The molecule has 2 aromatic rings. The molecule has 0 unspecified atom stereocenters. The van der Waals surface area contributed by atoms with Gasteiger partial charge in [0, 0.05) is 29.2 Å². The van der Waals surface area contributed by atoms with Crippen molar-refractivity contribution in [3.8, 4) is 0 Å². The monoisotopic (exact) mass is 262 g/mol. The summed E-state index contributed by atoms with van der Waals surface area (Å²) in [5, 5.41) is 14.4. The fourth-order valence-electron chi connectivity index (χ4n) is 2.35. The zero-order chi connectivity index (χ0) is 12.5. The summed E-state index contributed by atoms with van der Waals surface area (Å²) in [6.07, 6.45) is 3.36. The Kier molecular flexibility index (Phi) is 3.20. The Morgan fingerprint density at radius 3 is 2.94 bits per heavy atom. The molecule has 94 valence electrons. The van der Waals surface area contributed by atoms with Crippen molar-refractivity contribution in [3.05, 3.63) is 41.0 Å². The zero-order valence-corrected chi connectivity index (χ0v) is 10.7. The third-order valence-electron chi connectivity index (χ3n) is 3.49. The number of benzene rings is 1. The van der Waals surface area contributed by atoms with E-state index in [1.165, 1.54) is 0 Å². The number of hydrogen-bond donors (Lipinski definition) is 2. The molecule has 0 atom stereocenters. The molecular weight excluding hydrogens is 248 g/mol. The normalized spacial score (nSPS) is 23.0. The Morgan fingerprint density at radius 1 is 1.33 bits per heavy atom. The number of hydrogen-bond acceptors (Lipinski definition) is 3. The molecule has 3 rings (SSSR count). The molecule has 2 N–H and O–H groups in total. The molecule has 0 amide bonds. The topological polar surface area (TPSA) is 45.1 Å². The van der Waals surface area contributed by atoms with Gasteiger partial charge >= 0.3 is 0 Å². The SMILES string of the molecule is OC1CC(NCc2ccc(Cl)c3cccnc23)C1. The van der Waals surface area contributed by atoms with Gasteiger partial charge in [0.1, 0.15) is 0 Å². The molecule has 1 aliphatic rings. The van der Waals surface area contributed by atoms with Crippen molar-refractivity contribution in [1.82, 2.24) is 10.3 Å². The molecule has 1 heterocycles. The number of aliphatic hydroxyl groups is 1. The number of fused-ring (bicyclic) bond motifs is 1. The largest absolute Gasteiger partial charge is 0.393 e. The summed E-state index contributed by atoms with van der Waals surface area (Å²) in [6, 6.07) is 8.24. The Morgan fingerprint density at radius 2 is 2.17 bits per heavy atom.